The standard InChI is InChI=1S/C20H30N6O3.HI/c1-13-24-25-18(26(13)2)12-21-20(22-14-8-6-7-9-14)23-15-10-16(27-3)19(29-5)17(11-15)28-4;/h10-11,14H,6-9,12H2,1-5H3,(H2,21,22,23);1H. The van der Waals surface area contributed by atoms with Crippen molar-refractivity contribution in [2.75, 3.05) is 26.6 Å². The Morgan fingerprint density at radius 1 is 1.10 bits per heavy atom. The van der Waals surface area contributed by atoms with Gasteiger partial charge in [0.05, 0.1) is 21.3 Å². The Morgan fingerprint density at radius 3 is 2.23 bits per heavy atom. The van der Waals surface area contributed by atoms with Crippen molar-refractivity contribution < 1.29 is 14.2 Å². The molecule has 30 heavy (non-hydrogen) atoms. The molecule has 1 aromatic heterocycles. The molecule has 0 unspecified atom stereocenters. The molecule has 3 rings (SSSR count). The molecule has 1 saturated carbocycles. The Hall–Kier alpha value is -2.24. The first-order valence-electron chi connectivity index (χ1n) is 9.78. The summed E-state index contributed by atoms with van der Waals surface area (Å²) in [6.07, 6.45) is 4.74. The van der Waals surface area contributed by atoms with Gasteiger partial charge < -0.3 is 29.4 Å². The number of aliphatic imine (C=N–C) groups is 1. The lowest BCUT2D eigenvalue weighted by atomic mass is 10.2. The number of guanidine groups is 1. The Kier molecular flexibility index (Phi) is 9.00. The van der Waals surface area contributed by atoms with Gasteiger partial charge in [0.25, 0.3) is 0 Å². The van der Waals surface area contributed by atoms with Gasteiger partial charge >= 0.3 is 0 Å². The average Bonchev–Trinajstić information content (AvgIpc) is 3.35. The normalized spacial score (nSPS) is 14.2. The van der Waals surface area contributed by atoms with Gasteiger partial charge in [-0.3, -0.25) is 0 Å². The summed E-state index contributed by atoms with van der Waals surface area (Å²) < 4.78 is 18.3. The molecular formula is C20H31IN6O3. The molecule has 1 heterocycles. The first-order chi connectivity index (χ1) is 14.0. The molecule has 1 aromatic carbocycles. The fourth-order valence-corrected chi connectivity index (χ4v) is 3.41. The summed E-state index contributed by atoms with van der Waals surface area (Å²) >= 11 is 0. The van der Waals surface area contributed by atoms with Gasteiger partial charge in [-0.05, 0) is 19.8 Å². The van der Waals surface area contributed by atoms with Gasteiger partial charge in [-0.2, -0.15) is 0 Å². The third-order valence-corrected chi connectivity index (χ3v) is 5.18. The predicted octanol–water partition coefficient (Wildman–Crippen LogP) is 3.27. The minimum atomic E-state index is 0. The van der Waals surface area contributed by atoms with Gasteiger partial charge in [-0.25, -0.2) is 4.99 Å². The van der Waals surface area contributed by atoms with E-state index >= 15 is 0 Å². The van der Waals surface area contributed by atoms with Crippen LogP contribution in [-0.4, -0.2) is 48.1 Å². The number of methoxy groups -OCH3 is 3. The van der Waals surface area contributed by atoms with E-state index in [9.17, 15) is 0 Å². The van der Waals surface area contributed by atoms with Crippen LogP contribution < -0.4 is 24.8 Å². The summed E-state index contributed by atoms with van der Waals surface area (Å²) in [5.74, 6) is 4.07. The number of hydrogen-bond donors (Lipinski definition) is 2. The third kappa shape index (κ3) is 5.67. The lowest BCUT2D eigenvalue weighted by molar-refractivity contribution is 0.324. The second-order valence-corrected chi connectivity index (χ2v) is 7.05. The lowest BCUT2D eigenvalue weighted by Gasteiger charge is -2.19. The lowest BCUT2D eigenvalue weighted by Crippen LogP contribution is -2.37. The molecule has 10 heteroatoms. The molecule has 166 valence electrons. The zero-order chi connectivity index (χ0) is 20.8. The van der Waals surface area contributed by atoms with E-state index in [4.69, 9.17) is 19.2 Å². The summed E-state index contributed by atoms with van der Waals surface area (Å²) in [6, 6.07) is 4.13. The topological polar surface area (TPSA) is 94.8 Å². The van der Waals surface area contributed by atoms with Crippen LogP contribution in [-0.2, 0) is 13.6 Å². The summed E-state index contributed by atoms with van der Waals surface area (Å²) in [5.41, 5.74) is 0.790. The molecule has 1 aliphatic rings. The number of aromatic nitrogens is 3. The Bertz CT molecular complexity index is 839. The number of anilines is 1. The predicted molar refractivity (Wildman–Crippen MR) is 127 cm³/mol. The largest absolute Gasteiger partial charge is 0.493 e. The first kappa shape index (κ1) is 24.0. The van der Waals surface area contributed by atoms with E-state index < -0.39 is 0 Å². The van der Waals surface area contributed by atoms with Crippen molar-refractivity contribution in [1.29, 1.82) is 0 Å². The molecule has 0 saturated heterocycles. The molecule has 1 aliphatic carbocycles. The van der Waals surface area contributed by atoms with Gasteiger partial charge in [0.1, 0.15) is 12.4 Å². The highest BCUT2D eigenvalue weighted by Crippen LogP contribution is 2.39. The van der Waals surface area contributed by atoms with Crippen molar-refractivity contribution in [3.63, 3.8) is 0 Å². The second-order valence-electron chi connectivity index (χ2n) is 7.05. The van der Waals surface area contributed by atoms with Crippen LogP contribution >= 0.6 is 24.0 Å². The van der Waals surface area contributed by atoms with Crippen LogP contribution in [0.5, 0.6) is 17.2 Å². The van der Waals surface area contributed by atoms with Crippen LogP contribution in [0.15, 0.2) is 17.1 Å². The highest BCUT2D eigenvalue weighted by Gasteiger charge is 2.18. The molecule has 0 amide bonds. The van der Waals surface area contributed by atoms with Gasteiger partial charge in [-0.15, -0.1) is 34.2 Å². The molecular weight excluding hydrogens is 499 g/mol. The molecule has 0 radical (unpaired) electrons. The van der Waals surface area contributed by atoms with Crippen molar-refractivity contribution >= 4 is 35.6 Å². The SMILES string of the molecule is COc1cc(NC(=NCc2nnc(C)n2C)NC2CCCC2)cc(OC)c1OC.I. The van der Waals surface area contributed by atoms with E-state index in [1.165, 1.54) is 12.8 Å². The van der Waals surface area contributed by atoms with E-state index in [1.807, 2.05) is 30.7 Å². The van der Waals surface area contributed by atoms with E-state index in [1.54, 1.807) is 21.3 Å². The summed E-state index contributed by atoms with van der Waals surface area (Å²) in [6.45, 7) is 2.34. The van der Waals surface area contributed by atoms with Crippen LogP contribution in [0.1, 0.15) is 37.3 Å². The number of rotatable bonds is 7. The van der Waals surface area contributed by atoms with Crippen LogP contribution in [0.3, 0.4) is 0 Å². The number of benzene rings is 1. The van der Waals surface area contributed by atoms with Crippen molar-refractivity contribution in [2.24, 2.45) is 12.0 Å². The van der Waals surface area contributed by atoms with Crippen LogP contribution in [0.4, 0.5) is 5.69 Å². The molecule has 2 N–H and O–H groups in total. The number of aryl methyl sites for hydroxylation is 1. The maximum atomic E-state index is 5.46. The fourth-order valence-electron chi connectivity index (χ4n) is 3.41. The van der Waals surface area contributed by atoms with Gasteiger partial charge in [0.2, 0.25) is 5.75 Å². The van der Waals surface area contributed by atoms with E-state index in [0.717, 1.165) is 30.2 Å². The summed E-state index contributed by atoms with van der Waals surface area (Å²) in [5, 5.41) is 15.2. The van der Waals surface area contributed by atoms with Gasteiger partial charge in [0.15, 0.2) is 23.3 Å². The second kappa shape index (κ2) is 11.2. The highest BCUT2D eigenvalue weighted by molar-refractivity contribution is 14.0. The fraction of sp³-hybridized carbons (Fsp3) is 0.550. The maximum Gasteiger partial charge on any atom is 0.203 e. The van der Waals surface area contributed by atoms with Crippen molar-refractivity contribution in [1.82, 2.24) is 20.1 Å². The maximum absolute atomic E-state index is 5.46. The molecule has 0 atom stereocenters. The van der Waals surface area contributed by atoms with E-state index in [2.05, 4.69) is 20.8 Å². The number of ether oxygens (including phenoxy) is 3. The Labute approximate surface area is 194 Å². The number of nitrogens with zero attached hydrogens (tertiary/aromatic N) is 4. The average molecular weight is 530 g/mol. The van der Waals surface area contributed by atoms with E-state index in [0.29, 0.717) is 35.8 Å². The Morgan fingerprint density at radius 2 is 1.73 bits per heavy atom. The summed E-state index contributed by atoms with van der Waals surface area (Å²) in [4.78, 5) is 4.74. The van der Waals surface area contributed by atoms with Crippen molar-refractivity contribution in [3.05, 3.63) is 23.8 Å². The number of halogens is 1. The minimum absolute atomic E-state index is 0. The molecule has 9 nitrogen and oxygen atoms in total. The van der Waals surface area contributed by atoms with E-state index in [-0.39, 0.29) is 24.0 Å². The van der Waals surface area contributed by atoms with Crippen LogP contribution in [0.2, 0.25) is 0 Å². The number of hydrogen-bond acceptors (Lipinski definition) is 6. The molecule has 1 fully saturated rings. The smallest absolute Gasteiger partial charge is 0.203 e. The van der Waals surface area contributed by atoms with Gasteiger partial charge in [-0.1, -0.05) is 12.8 Å². The quantitative estimate of drug-likeness (QED) is 0.323. The first-order valence-corrected chi connectivity index (χ1v) is 9.78. The minimum Gasteiger partial charge on any atom is -0.493 e. The Balaban J connectivity index is 0.00000320. The zero-order valence-corrected chi connectivity index (χ0v) is 20.5. The highest BCUT2D eigenvalue weighted by atomic mass is 127. The van der Waals surface area contributed by atoms with Crippen LogP contribution in [0.25, 0.3) is 0 Å². The van der Waals surface area contributed by atoms with Crippen molar-refractivity contribution in [3.8, 4) is 17.2 Å². The van der Waals surface area contributed by atoms with Crippen LogP contribution in [0, 0.1) is 6.92 Å². The molecule has 0 spiro atoms. The number of nitrogens with one attached hydrogen (secondary N) is 2. The summed E-state index contributed by atoms with van der Waals surface area (Å²) in [7, 11) is 6.73. The zero-order valence-electron chi connectivity index (χ0n) is 18.2. The molecule has 2 aromatic rings. The molecule has 0 bridgehead atoms. The van der Waals surface area contributed by atoms with Crippen molar-refractivity contribution in [2.45, 2.75) is 45.2 Å². The molecule has 0 aliphatic heterocycles. The third-order valence-electron chi connectivity index (χ3n) is 5.18. The van der Waals surface area contributed by atoms with Gasteiger partial charge in [0, 0.05) is 30.9 Å². The monoisotopic (exact) mass is 530 g/mol.